The maximum atomic E-state index is 13.1. The first-order valence-corrected chi connectivity index (χ1v) is 9.64. The van der Waals surface area contributed by atoms with E-state index in [1.807, 2.05) is 52.9 Å². The topological polar surface area (TPSA) is 43.7 Å². The van der Waals surface area contributed by atoms with Crippen molar-refractivity contribution < 1.29 is 14.3 Å². The number of aromatic nitrogens is 1. The summed E-state index contributed by atoms with van der Waals surface area (Å²) in [5.74, 6) is 2.28. The molecule has 4 rings (SSSR count). The lowest BCUT2D eigenvalue weighted by Gasteiger charge is -2.17. The Balaban J connectivity index is 1.47. The van der Waals surface area contributed by atoms with Crippen LogP contribution in [0, 0.1) is 5.92 Å². The van der Waals surface area contributed by atoms with Crippen molar-refractivity contribution in [3.8, 4) is 11.5 Å². The smallest absolute Gasteiger partial charge is 0.270 e. The normalized spacial score (nSPS) is 16.5. The van der Waals surface area contributed by atoms with Crippen molar-refractivity contribution in [1.82, 2.24) is 9.47 Å². The molecule has 5 nitrogen and oxygen atoms in total. The number of methoxy groups -OCH3 is 2. The van der Waals surface area contributed by atoms with Crippen molar-refractivity contribution in [2.75, 3.05) is 27.3 Å². The summed E-state index contributed by atoms with van der Waals surface area (Å²) >= 11 is 0. The summed E-state index contributed by atoms with van der Waals surface area (Å²) in [6.07, 6.45) is 2.02. The standard InChI is InChI=1S/C23H26N2O3/c1-24-21-9-8-20(28-3)13-18(21)14-22(24)23(26)25-11-10-17(15-25)12-16-4-6-19(27-2)7-5-16/h4-9,13-14,17H,10-12,15H2,1-3H3. The number of rotatable bonds is 5. The molecule has 0 spiro atoms. The summed E-state index contributed by atoms with van der Waals surface area (Å²) in [4.78, 5) is 15.1. The molecule has 1 aromatic heterocycles. The van der Waals surface area contributed by atoms with Gasteiger partial charge in [-0.25, -0.2) is 0 Å². The van der Waals surface area contributed by atoms with Gasteiger partial charge in [0.25, 0.3) is 5.91 Å². The molecule has 1 unspecified atom stereocenters. The number of benzene rings is 2. The molecule has 1 aliphatic heterocycles. The van der Waals surface area contributed by atoms with Gasteiger partial charge in [0.05, 0.1) is 14.2 Å². The van der Waals surface area contributed by atoms with Crippen LogP contribution in [0.1, 0.15) is 22.5 Å². The van der Waals surface area contributed by atoms with Crippen LogP contribution in [0.15, 0.2) is 48.5 Å². The lowest BCUT2D eigenvalue weighted by molar-refractivity contribution is 0.0778. The Morgan fingerprint density at radius 2 is 1.75 bits per heavy atom. The van der Waals surface area contributed by atoms with Crippen molar-refractivity contribution >= 4 is 16.8 Å². The Labute approximate surface area is 165 Å². The fourth-order valence-corrected chi connectivity index (χ4v) is 4.10. The highest BCUT2D eigenvalue weighted by atomic mass is 16.5. The number of amides is 1. The van der Waals surface area contributed by atoms with Crippen LogP contribution in [-0.4, -0.2) is 42.7 Å². The molecule has 1 amide bonds. The van der Waals surface area contributed by atoms with Crippen molar-refractivity contribution in [3.63, 3.8) is 0 Å². The van der Waals surface area contributed by atoms with Gasteiger partial charge in [-0.2, -0.15) is 0 Å². The van der Waals surface area contributed by atoms with Crippen LogP contribution < -0.4 is 9.47 Å². The molecule has 1 aliphatic rings. The zero-order valence-electron chi connectivity index (χ0n) is 16.6. The molecule has 2 aromatic carbocycles. The number of ether oxygens (including phenoxy) is 2. The van der Waals surface area contributed by atoms with Crippen LogP contribution in [0.4, 0.5) is 0 Å². The van der Waals surface area contributed by atoms with E-state index in [0.717, 1.165) is 54.0 Å². The number of carbonyl (C=O) groups excluding carboxylic acids is 1. The number of hydrogen-bond donors (Lipinski definition) is 0. The summed E-state index contributed by atoms with van der Waals surface area (Å²) in [5.41, 5.74) is 3.06. The molecular formula is C23H26N2O3. The SMILES string of the molecule is COc1ccc(CC2CCN(C(=O)c3cc4cc(OC)ccc4n3C)C2)cc1. The van der Waals surface area contributed by atoms with Crippen LogP contribution in [0.2, 0.25) is 0 Å². The monoisotopic (exact) mass is 378 g/mol. The van der Waals surface area contributed by atoms with Crippen LogP contribution in [0.3, 0.4) is 0 Å². The van der Waals surface area contributed by atoms with Crippen LogP contribution >= 0.6 is 0 Å². The summed E-state index contributed by atoms with van der Waals surface area (Å²) in [7, 11) is 5.29. The number of likely N-dealkylation sites (tertiary alicyclic amines) is 1. The highest BCUT2D eigenvalue weighted by molar-refractivity contribution is 5.99. The van der Waals surface area contributed by atoms with E-state index >= 15 is 0 Å². The minimum Gasteiger partial charge on any atom is -0.497 e. The van der Waals surface area contributed by atoms with Gasteiger partial charge in [0.1, 0.15) is 17.2 Å². The second-order valence-electron chi connectivity index (χ2n) is 7.47. The first kappa shape index (κ1) is 18.4. The molecule has 5 heteroatoms. The zero-order chi connectivity index (χ0) is 19.7. The Morgan fingerprint density at radius 3 is 2.46 bits per heavy atom. The summed E-state index contributed by atoms with van der Waals surface area (Å²) < 4.78 is 12.5. The minimum atomic E-state index is 0.106. The highest BCUT2D eigenvalue weighted by Crippen LogP contribution is 2.27. The third kappa shape index (κ3) is 3.44. The van der Waals surface area contributed by atoms with Gasteiger partial charge in [0.15, 0.2) is 0 Å². The molecule has 3 aromatic rings. The predicted molar refractivity (Wildman–Crippen MR) is 110 cm³/mol. The maximum Gasteiger partial charge on any atom is 0.270 e. The van der Waals surface area contributed by atoms with E-state index in [0.29, 0.717) is 5.92 Å². The Hall–Kier alpha value is -2.95. The van der Waals surface area contributed by atoms with E-state index < -0.39 is 0 Å². The van der Waals surface area contributed by atoms with E-state index in [1.54, 1.807) is 14.2 Å². The predicted octanol–water partition coefficient (Wildman–Crippen LogP) is 3.90. The van der Waals surface area contributed by atoms with Crippen molar-refractivity contribution in [1.29, 1.82) is 0 Å². The Morgan fingerprint density at radius 1 is 1.04 bits per heavy atom. The number of hydrogen-bond acceptors (Lipinski definition) is 3. The van der Waals surface area contributed by atoms with Gasteiger partial charge >= 0.3 is 0 Å². The summed E-state index contributed by atoms with van der Waals surface area (Å²) in [6.45, 7) is 1.61. The third-order valence-corrected chi connectivity index (χ3v) is 5.73. The Bertz CT molecular complexity index is 991. The molecule has 1 saturated heterocycles. The van der Waals surface area contributed by atoms with E-state index in [9.17, 15) is 4.79 Å². The molecule has 146 valence electrons. The number of fused-ring (bicyclic) bond motifs is 1. The fraction of sp³-hybridized carbons (Fsp3) is 0.348. The molecule has 2 heterocycles. The molecule has 0 saturated carbocycles. The van der Waals surface area contributed by atoms with E-state index in [-0.39, 0.29) is 5.91 Å². The zero-order valence-corrected chi connectivity index (χ0v) is 16.6. The van der Waals surface area contributed by atoms with E-state index in [4.69, 9.17) is 9.47 Å². The van der Waals surface area contributed by atoms with E-state index in [1.165, 1.54) is 5.56 Å². The van der Waals surface area contributed by atoms with Crippen molar-refractivity contribution in [2.45, 2.75) is 12.8 Å². The second kappa shape index (κ2) is 7.58. The fourth-order valence-electron chi connectivity index (χ4n) is 4.10. The molecule has 0 radical (unpaired) electrons. The van der Waals surface area contributed by atoms with Crippen LogP contribution in [0.25, 0.3) is 10.9 Å². The number of aryl methyl sites for hydroxylation is 1. The minimum absolute atomic E-state index is 0.106. The van der Waals surface area contributed by atoms with Crippen LogP contribution in [0.5, 0.6) is 11.5 Å². The maximum absolute atomic E-state index is 13.1. The van der Waals surface area contributed by atoms with Gasteiger partial charge in [0.2, 0.25) is 0 Å². The highest BCUT2D eigenvalue weighted by Gasteiger charge is 2.28. The summed E-state index contributed by atoms with van der Waals surface area (Å²) in [5, 5.41) is 1.03. The molecule has 1 fully saturated rings. The first-order valence-electron chi connectivity index (χ1n) is 9.64. The summed E-state index contributed by atoms with van der Waals surface area (Å²) in [6, 6.07) is 16.1. The average Bonchev–Trinajstić information content (AvgIpc) is 3.32. The molecule has 0 N–H and O–H groups in total. The molecule has 28 heavy (non-hydrogen) atoms. The van der Waals surface area contributed by atoms with E-state index in [2.05, 4.69) is 12.1 Å². The van der Waals surface area contributed by atoms with Gasteiger partial charge < -0.3 is 18.9 Å². The lowest BCUT2D eigenvalue weighted by Crippen LogP contribution is -2.30. The molecule has 0 aliphatic carbocycles. The van der Waals surface area contributed by atoms with Crippen LogP contribution in [-0.2, 0) is 13.5 Å². The third-order valence-electron chi connectivity index (χ3n) is 5.73. The van der Waals surface area contributed by atoms with Gasteiger partial charge in [0, 0.05) is 31.0 Å². The molecular weight excluding hydrogens is 352 g/mol. The lowest BCUT2D eigenvalue weighted by atomic mass is 9.99. The Kier molecular flexibility index (Phi) is 4.99. The molecule has 0 bridgehead atoms. The van der Waals surface area contributed by atoms with Crippen molar-refractivity contribution in [3.05, 3.63) is 59.8 Å². The van der Waals surface area contributed by atoms with Gasteiger partial charge in [-0.3, -0.25) is 4.79 Å². The van der Waals surface area contributed by atoms with Crippen molar-refractivity contribution in [2.24, 2.45) is 13.0 Å². The largest absolute Gasteiger partial charge is 0.497 e. The van der Waals surface area contributed by atoms with Gasteiger partial charge in [-0.1, -0.05) is 12.1 Å². The second-order valence-corrected chi connectivity index (χ2v) is 7.47. The molecule has 1 atom stereocenters. The number of nitrogens with zero attached hydrogens (tertiary/aromatic N) is 2. The number of carbonyl (C=O) groups is 1. The average molecular weight is 378 g/mol. The van der Waals surface area contributed by atoms with Gasteiger partial charge in [-0.05, 0) is 60.7 Å². The first-order chi connectivity index (χ1) is 13.6. The van der Waals surface area contributed by atoms with Gasteiger partial charge in [-0.15, -0.1) is 0 Å². The quantitative estimate of drug-likeness (QED) is 0.676.